The van der Waals surface area contributed by atoms with Gasteiger partial charge in [-0.1, -0.05) is 5.16 Å². The summed E-state index contributed by atoms with van der Waals surface area (Å²) >= 11 is 1.55. The molecule has 4 rings (SSSR count). The first kappa shape index (κ1) is 15.7. The van der Waals surface area contributed by atoms with Crippen molar-refractivity contribution in [3.8, 4) is 0 Å². The minimum atomic E-state index is -0.231. The van der Waals surface area contributed by atoms with Crippen molar-refractivity contribution >= 4 is 17.4 Å². The van der Waals surface area contributed by atoms with E-state index in [9.17, 15) is 4.79 Å². The number of hydrogen-bond donors (Lipinski definition) is 1. The van der Waals surface area contributed by atoms with Crippen molar-refractivity contribution in [1.29, 1.82) is 0 Å². The lowest BCUT2D eigenvalue weighted by atomic mass is 10.1. The summed E-state index contributed by atoms with van der Waals surface area (Å²) in [5.74, 6) is 0.464. The van der Waals surface area contributed by atoms with Crippen LogP contribution in [0.25, 0.3) is 0 Å². The Hall–Kier alpha value is -1.80. The quantitative estimate of drug-likeness (QED) is 0.894. The summed E-state index contributed by atoms with van der Waals surface area (Å²) in [4.78, 5) is 20.0. The molecule has 2 fully saturated rings. The highest BCUT2D eigenvalue weighted by Crippen LogP contribution is 2.33. The lowest BCUT2D eigenvalue weighted by molar-refractivity contribution is 0.0937. The molecule has 1 amide bonds. The molecular weight excluding hydrogens is 326 g/mol. The van der Waals surface area contributed by atoms with Crippen LogP contribution in [-0.2, 0) is 6.54 Å². The minimum Gasteiger partial charge on any atom is -0.346 e. The van der Waals surface area contributed by atoms with E-state index in [0.717, 1.165) is 44.5 Å². The molecule has 1 saturated heterocycles. The van der Waals surface area contributed by atoms with Crippen LogP contribution in [0.1, 0.15) is 64.4 Å². The van der Waals surface area contributed by atoms with E-state index < -0.39 is 0 Å². The molecule has 1 saturated carbocycles. The molecule has 7 nitrogen and oxygen atoms in total. The summed E-state index contributed by atoms with van der Waals surface area (Å²) in [6, 6.07) is 0.373. The number of likely N-dealkylation sites (tertiary alicyclic amines) is 1. The Morgan fingerprint density at radius 3 is 2.92 bits per heavy atom. The fourth-order valence-electron chi connectivity index (χ4n) is 3.17. The molecule has 3 heterocycles. The number of carbonyl (C=O) groups excluding carboxylic acids is 1. The van der Waals surface area contributed by atoms with Gasteiger partial charge in [0.05, 0.1) is 11.7 Å². The van der Waals surface area contributed by atoms with Crippen molar-refractivity contribution in [2.75, 3.05) is 6.54 Å². The predicted octanol–water partition coefficient (Wildman–Crippen LogP) is 2.37. The highest BCUT2D eigenvalue weighted by molar-refractivity contribution is 7.05. The van der Waals surface area contributed by atoms with Gasteiger partial charge in [0.25, 0.3) is 11.7 Å². The maximum atomic E-state index is 12.0. The van der Waals surface area contributed by atoms with Crippen LogP contribution in [0.15, 0.2) is 4.52 Å². The summed E-state index contributed by atoms with van der Waals surface area (Å²) in [6.07, 6.45) is 4.15. The Labute approximate surface area is 144 Å². The standard InChI is InChI=1S/C16H21N5O2S/c1-9-12(10(2)24-20-9)8-21-7-3-4-13(21)16-18-14(19-23-16)15(22)17-11-5-6-11/h11,13H,3-8H2,1-2H3,(H,17,22)/t13-/m1/s1. The van der Waals surface area contributed by atoms with Gasteiger partial charge in [0.1, 0.15) is 0 Å². The fraction of sp³-hybridized carbons (Fsp3) is 0.625. The number of hydrogen-bond acceptors (Lipinski definition) is 7. The van der Waals surface area contributed by atoms with Crippen molar-refractivity contribution in [2.24, 2.45) is 0 Å². The second-order valence-electron chi connectivity index (χ2n) is 6.64. The zero-order chi connectivity index (χ0) is 16.7. The number of nitrogens with one attached hydrogen (secondary N) is 1. The largest absolute Gasteiger partial charge is 0.346 e. The molecule has 0 bridgehead atoms. The lowest BCUT2D eigenvalue weighted by Gasteiger charge is -2.21. The smallest absolute Gasteiger partial charge is 0.292 e. The highest BCUT2D eigenvalue weighted by Gasteiger charge is 2.33. The van der Waals surface area contributed by atoms with Gasteiger partial charge in [-0.25, -0.2) is 0 Å². The molecule has 2 aliphatic rings. The normalized spacial score (nSPS) is 21.3. The summed E-state index contributed by atoms with van der Waals surface area (Å²) in [6.45, 7) is 5.99. The van der Waals surface area contributed by atoms with Crippen LogP contribution in [-0.4, -0.2) is 37.9 Å². The Bertz CT molecular complexity index is 732. The van der Waals surface area contributed by atoms with E-state index in [4.69, 9.17) is 4.52 Å². The average molecular weight is 347 g/mol. The first-order chi connectivity index (χ1) is 11.6. The molecule has 0 radical (unpaired) electrons. The van der Waals surface area contributed by atoms with Crippen LogP contribution in [0.3, 0.4) is 0 Å². The zero-order valence-electron chi connectivity index (χ0n) is 13.9. The summed E-state index contributed by atoms with van der Waals surface area (Å²) in [7, 11) is 0. The van der Waals surface area contributed by atoms with E-state index >= 15 is 0 Å². The zero-order valence-corrected chi connectivity index (χ0v) is 14.7. The number of amides is 1. The Balaban J connectivity index is 1.48. The number of aromatic nitrogens is 3. The summed E-state index contributed by atoms with van der Waals surface area (Å²) in [5, 5.41) is 6.77. The van der Waals surface area contributed by atoms with Crippen LogP contribution in [0.2, 0.25) is 0 Å². The lowest BCUT2D eigenvalue weighted by Crippen LogP contribution is -2.27. The third-order valence-electron chi connectivity index (χ3n) is 4.75. The van der Waals surface area contributed by atoms with Gasteiger partial charge in [0.2, 0.25) is 5.89 Å². The van der Waals surface area contributed by atoms with E-state index in [1.165, 1.54) is 10.4 Å². The Morgan fingerprint density at radius 1 is 1.38 bits per heavy atom. The number of aryl methyl sites for hydroxylation is 2. The highest BCUT2D eigenvalue weighted by atomic mass is 32.1. The van der Waals surface area contributed by atoms with Crippen molar-refractivity contribution in [2.45, 2.75) is 58.2 Å². The number of nitrogens with zero attached hydrogens (tertiary/aromatic N) is 4. The molecule has 0 spiro atoms. The van der Waals surface area contributed by atoms with Crippen LogP contribution in [0.5, 0.6) is 0 Å². The third-order valence-corrected chi connectivity index (χ3v) is 5.63. The first-order valence-corrected chi connectivity index (χ1v) is 9.19. The van der Waals surface area contributed by atoms with E-state index in [0.29, 0.717) is 11.9 Å². The van der Waals surface area contributed by atoms with Gasteiger partial charge in [-0.3, -0.25) is 9.69 Å². The molecule has 1 N–H and O–H groups in total. The first-order valence-electron chi connectivity index (χ1n) is 8.42. The van der Waals surface area contributed by atoms with E-state index in [1.54, 1.807) is 11.5 Å². The molecular formula is C16H21N5O2S. The second-order valence-corrected chi connectivity index (χ2v) is 7.61. The van der Waals surface area contributed by atoms with Crippen LogP contribution in [0, 0.1) is 13.8 Å². The van der Waals surface area contributed by atoms with Gasteiger partial charge < -0.3 is 9.84 Å². The molecule has 1 aliphatic carbocycles. The van der Waals surface area contributed by atoms with Crippen LogP contribution >= 0.6 is 11.5 Å². The van der Waals surface area contributed by atoms with Crippen molar-refractivity contribution < 1.29 is 9.32 Å². The molecule has 0 unspecified atom stereocenters. The van der Waals surface area contributed by atoms with Gasteiger partial charge in [-0.15, -0.1) is 0 Å². The van der Waals surface area contributed by atoms with Crippen LogP contribution < -0.4 is 5.32 Å². The average Bonchev–Trinajstić information content (AvgIpc) is 2.98. The van der Waals surface area contributed by atoms with E-state index in [-0.39, 0.29) is 17.8 Å². The predicted molar refractivity (Wildman–Crippen MR) is 88.8 cm³/mol. The van der Waals surface area contributed by atoms with Crippen molar-refractivity contribution in [3.05, 3.63) is 27.8 Å². The van der Waals surface area contributed by atoms with Gasteiger partial charge in [0, 0.05) is 23.0 Å². The Morgan fingerprint density at radius 2 is 2.21 bits per heavy atom. The van der Waals surface area contributed by atoms with E-state index in [1.807, 2.05) is 0 Å². The maximum Gasteiger partial charge on any atom is 0.292 e. The maximum absolute atomic E-state index is 12.0. The van der Waals surface area contributed by atoms with Gasteiger partial charge in [-0.05, 0) is 57.6 Å². The van der Waals surface area contributed by atoms with Crippen molar-refractivity contribution in [3.63, 3.8) is 0 Å². The van der Waals surface area contributed by atoms with E-state index in [2.05, 4.69) is 38.6 Å². The van der Waals surface area contributed by atoms with Gasteiger partial charge in [-0.2, -0.15) is 9.36 Å². The molecule has 1 aliphatic heterocycles. The topological polar surface area (TPSA) is 84.2 Å². The SMILES string of the molecule is Cc1nsc(C)c1CN1CCC[C@@H]1c1nc(C(=O)NC2CC2)no1. The molecule has 2 aromatic rings. The summed E-state index contributed by atoms with van der Waals surface area (Å²) < 4.78 is 9.83. The van der Waals surface area contributed by atoms with Crippen molar-refractivity contribution in [1.82, 2.24) is 24.7 Å². The number of rotatable bonds is 5. The van der Waals surface area contributed by atoms with Gasteiger partial charge >= 0.3 is 0 Å². The van der Waals surface area contributed by atoms with Gasteiger partial charge in [0.15, 0.2) is 0 Å². The minimum absolute atomic E-state index is 0.0821. The summed E-state index contributed by atoms with van der Waals surface area (Å²) in [5.41, 5.74) is 2.39. The van der Waals surface area contributed by atoms with Crippen LogP contribution in [0.4, 0.5) is 0 Å². The second kappa shape index (κ2) is 6.25. The number of carbonyl (C=O) groups is 1. The molecule has 1 atom stereocenters. The monoisotopic (exact) mass is 347 g/mol. The Kier molecular flexibility index (Phi) is 4.09. The molecule has 128 valence electrons. The molecule has 2 aromatic heterocycles. The molecule has 8 heteroatoms. The third kappa shape index (κ3) is 3.08. The molecule has 0 aromatic carbocycles. The molecule has 24 heavy (non-hydrogen) atoms. The fourth-order valence-corrected chi connectivity index (χ4v) is 3.87.